The van der Waals surface area contributed by atoms with Crippen molar-refractivity contribution in [1.29, 1.82) is 0 Å². The lowest BCUT2D eigenvalue weighted by atomic mass is 10.1. The lowest BCUT2D eigenvalue weighted by Gasteiger charge is -2.10. The number of benzene rings is 1. The number of thiocarbonyl (C=S) groups is 1. The van der Waals surface area contributed by atoms with E-state index in [4.69, 9.17) is 18.0 Å². The molecule has 0 radical (unpaired) electrons. The molecule has 1 unspecified atom stereocenters. The van der Waals surface area contributed by atoms with Crippen LogP contribution in [0.5, 0.6) is 0 Å². The van der Waals surface area contributed by atoms with Gasteiger partial charge in [-0.15, -0.1) is 0 Å². The normalized spacial score (nSPS) is 18.9. The number of hydrogen-bond donors (Lipinski definition) is 2. The Kier molecular flexibility index (Phi) is 4.02. The number of carbonyl (C=O) groups is 1. The molecule has 5 heteroatoms. The number of nitrogens with one attached hydrogen (secondary N) is 1. The van der Waals surface area contributed by atoms with Crippen molar-refractivity contribution in [2.45, 2.75) is 6.42 Å². The molecule has 0 aromatic heterocycles. The molecule has 1 amide bonds. The van der Waals surface area contributed by atoms with Gasteiger partial charge in [0.1, 0.15) is 4.99 Å². The highest BCUT2D eigenvalue weighted by Gasteiger charge is 2.23. The van der Waals surface area contributed by atoms with E-state index in [1.54, 1.807) is 0 Å². The zero-order chi connectivity index (χ0) is 12.3. The molecular formula is C12H14N2OS2. The van der Waals surface area contributed by atoms with Crippen molar-refractivity contribution in [3.8, 4) is 0 Å². The van der Waals surface area contributed by atoms with Crippen molar-refractivity contribution in [1.82, 2.24) is 0 Å². The van der Waals surface area contributed by atoms with Crippen molar-refractivity contribution in [3.05, 3.63) is 29.8 Å². The predicted molar refractivity (Wildman–Crippen MR) is 76.4 cm³/mol. The van der Waals surface area contributed by atoms with Crippen molar-refractivity contribution in [2.24, 2.45) is 11.7 Å². The Hall–Kier alpha value is -1.07. The first-order valence-corrected chi connectivity index (χ1v) is 7.01. The Morgan fingerprint density at radius 2 is 2.35 bits per heavy atom. The lowest BCUT2D eigenvalue weighted by Crippen LogP contribution is -2.22. The minimum Gasteiger partial charge on any atom is -0.389 e. The SMILES string of the molecule is NC(=S)c1cccc(NC(=O)C2CCSC2)c1. The minimum atomic E-state index is 0.0927. The van der Waals surface area contributed by atoms with Crippen LogP contribution in [-0.2, 0) is 4.79 Å². The third-order valence-electron chi connectivity index (χ3n) is 2.72. The Labute approximate surface area is 110 Å². The number of thioether (sulfide) groups is 1. The second-order valence-corrected chi connectivity index (χ2v) is 5.58. The van der Waals surface area contributed by atoms with Crippen molar-refractivity contribution in [2.75, 3.05) is 16.8 Å². The van der Waals surface area contributed by atoms with E-state index in [1.807, 2.05) is 36.0 Å². The van der Waals surface area contributed by atoms with Gasteiger partial charge < -0.3 is 11.1 Å². The molecule has 17 heavy (non-hydrogen) atoms. The van der Waals surface area contributed by atoms with E-state index in [0.717, 1.165) is 29.2 Å². The number of hydrogen-bond acceptors (Lipinski definition) is 3. The molecule has 3 N–H and O–H groups in total. The first-order valence-electron chi connectivity index (χ1n) is 5.45. The highest BCUT2D eigenvalue weighted by Crippen LogP contribution is 2.24. The third kappa shape index (κ3) is 3.20. The topological polar surface area (TPSA) is 55.1 Å². The molecule has 1 aliphatic rings. The van der Waals surface area contributed by atoms with Crippen LogP contribution in [0.4, 0.5) is 5.69 Å². The Morgan fingerprint density at radius 1 is 1.53 bits per heavy atom. The van der Waals surface area contributed by atoms with E-state index in [0.29, 0.717) is 4.99 Å². The van der Waals surface area contributed by atoms with Gasteiger partial charge in [0.05, 0.1) is 0 Å². The van der Waals surface area contributed by atoms with Gasteiger partial charge in [0.15, 0.2) is 0 Å². The van der Waals surface area contributed by atoms with E-state index in [9.17, 15) is 4.79 Å². The molecule has 1 aromatic rings. The molecule has 90 valence electrons. The zero-order valence-electron chi connectivity index (χ0n) is 9.31. The van der Waals surface area contributed by atoms with Crippen LogP contribution in [0.25, 0.3) is 0 Å². The smallest absolute Gasteiger partial charge is 0.228 e. The Bertz CT molecular complexity index is 442. The summed E-state index contributed by atoms with van der Waals surface area (Å²) in [7, 11) is 0. The second kappa shape index (κ2) is 5.51. The van der Waals surface area contributed by atoms with E-state index >= 15 is 0 Å². The summed E-state index contributed by atoms with van der Waals surface area (Å²) in [6.07, 6.45) is 0.964. The van der Waals surface area contributed by atoms with Gasteiger partial charge in [0, 0.05) is 22.9 Å². The standard InChI is InChI=1S/C12H14N2OS2/c13-11(16)8-2-1-3-10(6-8)14-12(15)9-4-5-17-7-9/h1-3,6,9H,4-5,7H2,(H2,13,16)(H,14,15). The van der Waals surface area contributed by atoms with Crippen LogP contribution in [0.2, 0.25) is 0 Å². The molecule has 1 atom stereocenters. The first-order chi connectivity index (χ1) is 8.16. The summed E-state index contributed by atoms with van der Waals surface area (Å²) in [5.41, 5.74) is 7.09. The van der Waals surface area contributed by atoms with Crippen LogP contribution >= 0.6 is 24.0 Å². The molecule has 1 aromatic carbocycles. The van der Waals surface area contributed by atoms with E-state index < -0.39 is 0 Å². The third-order valence-corrected chi connectivity index (χ3v) is 4.11. The van der Waals surface area contributed by atoms with Crippen molar-refractivity contribution < 1.29 is 4.79 Å². The fourth-order valence-corrected chi connectivity index (χ4v) is 3.08. The number of amides is 1. The molecule has 0 aliphatic carbocycles. The molecule has 3 nitrogen and oxygen atoms in total. The zero-order valence-corrected chi connectivity index (χ0v) is 10.9. The summed E-state index contributed by atoms with van der Waals surface area (Å²) in [5, 5.41) is 2.91. The van der Waals surface area contributed by atoms with E-state index in [-0.39, 0.29) is 11.8 Å². The summed E-state index contributed by atoms with van der Waals surface area (Å²) < 4.78 is 0. The molecule has 0 saturated carbocycles. The van der Waals surface area contributed by atoms with E-state index in [2.05, 4.69) is 5.32 Å². The summed E-state index contributed by atoms with van der Waals surface area (Å²) in [5.74, 6) is 2.22. The van der Waals surface area contributed by atoms with Gasteiger partial charge in [-0.1, -0.05) is 24.4 Å². The van der Waals surface area contributed by atoms with Crippen LogP contribution in [0, 0.1) is 5.92 Å². The van der Waals surface area contributed by atoms with Crippen LogP contribution in [-0.4, -0.2) is 22.4 Å². The van der Waals surface area contributed by atoms with Crippen molar-refractivity contribution >= 4 is 40.6 Å². The van der Waals surface area contributed by atoms with E-state index in [1.165, 1.54) is 0 Å². The number of carbonyl (C=O) groups excluding carboxylic acids is 1. The Balaban J connectivity index is 2.05. The predicted octanol–water partition coefficient (Wildman–Crippen LogP) is 2.01. The van der Waals surface area contributed by atoms with Crippen LogP contribution < -0.4 is 11.1 Å². The fourth-order valence-electron chi connectivity index (χ4n) is 1.74. The maximum atomic E-state index is 11.9. The lowest BCUT2D eigenvalue weighted by molar-refractivity contribution is -0.119. The average molecular weight is 266 g/mol. The molecule has 2 rings (SSSR count). The second-order valence-electron chi connectivity index (χ2n) is 3.99. The molecule has 1 heterocycles. The molecule has 0 bridgehead atoms. The van der Waals surface area contributed by atoms with Gasteiger partial charge in [-0.3, -0.25) is 4.79 Å². The van der Waals surface area contributed by atoms with Crippen LogP contribution in [0.3, 0.4) is 0 Å². The van der Waals surface area contributed by atoms with Crippen molar-refractivity contribution in [3.63, 3.8) is 0 Å². The molecule has 1 saturated heterocycles. The number of nitrogens with two attached hydrogens (primary N) is 1. The first kappa shape index (κ1) is 12.4. The van der Waals surface area contributed by atoms with Gasteiger partial charge in [0.25, 0.3) is 0 Å². The summed E-state index contributed by atoms with van der Waals surface area (Å²) in [6.45, 7) is 0. The highest BCUT2D eigenvalue weighted by atomic mass is 32.2. The monoisotopic (exact) mass is 266 g/mol. The summed E-state index contributed by atoms with van der Waals surface area (Å²) >= 11 is 6.73. The maximum absolute atomic E-state index is 11.9. The average Bonchev–Trinajstić information content (AvgIpc) is 2.82. The van der Waals surface area contributed by atoms with Gasteiger partial charge in [-0.25, -0.2) is 0 Å². The van der Waals surface area contributed by atoms with Crippen LogP contribution in [0.15, 0.2) is 24.3 Å². The largest absolute Gasteiger partial charge is 0.389 e. The molecule has 0 spiro atoms. The summed E-state index contributed by atoms with van der Waals surface area (Å²) in [6, 6.07) is 7.33. The fraction of sp³-hybridized carbons (Fsp3) is 0.333. The number of rotatable bonds is 3. The summed E-state index contributed by atoms with van der Waals surface area (Å²) in [4.78, 5) is 12.3. The quantitative estimate of drug-likeness (QED) is 0.822. The molecule has 1 fully saturated rings. The molecule has 1 aliphatic heterocycles. The molecular weight excluding hydrogens is 252 g/mol. The van der Waals surface area contributed by atoms with Gasteiger partial charge >= 0.3 is 0 Å². The van der Waals surface area contributed by atoms with Gasteiger partial charge in [-0.05, 0) is 24.3 Å². The van der Waals surface area contributed by atoms with Gasteiger partial charge in [-0.2, -0.15) is 11.8 Å². The Morgan fingerprint density at radius 3 is 3.00 bits per heavy atom. The van der Waals surface area contributed by atoms with Gasteiger partial charge in [0.2, 0.25) is 5.91 Å². The highest BCUT2D eigenvalue weighted by molar-refractivity contribution is 7.99. The minimum absolute atomic E-state index is 0.0927. The maximum Gasteiger partial charge on any atom is 0.228 e. The van der Waals surface area contributed by atoms with Crippen LogP contribution in [0.1, 0.15) is 12.0 Å². The number of anilines is 1.